The van der Waals surface area contributed by atoms with Gasteiger partial charge < -0.3 is 10.5 Å². The average molecular weight is 326 g/mol. The second-order valence-electron chi connectivity index (χ2n) is 4.48. The molecule has 2 aromatic rings. The van der Waals surface area contributed by atoms with Gasteiger partial charge in [-0.05, 0) is 55.3 Å². The highest BCUT2D eigenvalue weighted by atomic mass is 35.5. The van der Waals surface area contributed by atoms with Gasteiger partial charge in [-0.2, -0.15) is 0 Å². The molecule has 5 heteroatoms. The van der Waals surface area contributed by atoms with E-state index in [-0.39, 0.29) is 4.99 Å². The monoisotopic (exact) mass is 325 g/mol. The number of benzene rings is 2. The van der Waals surface area contributed by atoms with Crippen LogP contribution in [0.4, 0.5) is 0 Å². The van der Waals surface area contributed by atoms with Crippen molar-refractivity contribution in [1.29, 1.82) is 0 Å². The van der Waals surface area contributed by atoms with Crippen LogP contribution in [0.25, 0.3) is 0 Å². The van der Waals surface area contributed by atoms with Crippen LogP contribution in [0, 0.1) is 13.8 Å². The molecule has 0 saturated heterocycles. The van der Waals surface area contributed by atoms with E-state index in [1.807, 2.05) is 26.0 Å². The zero-order valence-corrected chi connectivity index (χ0v) is 13.4. The highest BCUT2D eigenvalue weighted by Crippen LogP contribution is 2.31. The SMILES string of the molecule is Cc1cc(Oc2ccc(Cl)cc2C(N)=S)cc(C)c1Cl. The smallest absolute Gasteiger partial charge is 0.137 e. The molecule has 0 aliphatic carbocycles. The number of thiocarbonyl (C=S) groups is 1. The first kappa shape index (κ1) is 15.1. The lowest BCUT2D eigenvalue weighted by molar-refractivity contribution is 0.481. The molecule has 2 nitrogen and oxygen atoms in total. The topological polar surface area (TPSA) is 35.2 Å². The van der Waals surface area contributed by atoms with Crippen molar-refractivity contribution in [3.05, 3.63) is 57.1 Å². The Kier molecular flexibility index (Phi) is 4.53. The van der Waals surface area contributed by atoms with E-state index in [4.69, 9.17) is 45.9 Å². The molecule has 2 rings (SSSR count). The minimum Gasteiger partial charge on any atom is -0.457 e. The summed E-state index contributed by atoms with van der Waals surface area (Å²) in [7, 11) is 0. The second kappa shape index (κ2) is 6.00. The third-order valence-corrected chi connectivity index (χ3v) is 3.90. The fraction of sp³-hybridized carbons (Fsp3) is 0.133. The Hall–Kier alpha value is -1.29. The summed E-state index contributed by atoms with van der Waals surface area (Å²) in [5, 5.41) is 1.30. The van der Waals surface area contributed by atoms with E-state index in [9.17, 15) is 0 Å². The molecule has 0 bridgehead atoms. The quantitative estimate of drug-likeness (QED) is 0.803. The van der Waals surface area contributed by atoms with Gasteiger partial charge in [0.25, 0.3) is 0 Å². The number of nitrogens with two attached hydrogens (primary N) is 1. The van der Waals surface area contributed by atoms with E-state index < -0.39 is 0 Å². The lowest BCUT2D eigenvalue weighted by Crippen LogP contribution is -2.10. The lowest BCUT2D eigenvalue weighted by Gasteiger charge is -2.13. The summed E-state index contributed by atoms with van der Waals surface area (Å²) >= 11 is 17.1. The summed E-state index contributed by atoms with van der Waals surface area (Å²) in [5.74, 6) is 1.26. The van der Waals surface area contributed by atoms with Gasteiger partial charge in [-0.15, -0.1) is 0 Å². The Morgan fingerprint density at radius 1 is 1.10 bits per heavy atom. The van der Waals surface area contributed by atoms with Gasteiger partial charge in [-0.1, -0.05) is 35.4 Å². The largest absolute Gasteiger partial charge is 0.457 e. The number of aryl methyl sites for hydroxylation is 2. The number of hydrogen-bond donors (Lipinski definition) is 1. The van der Waals surface area contributed by atoms with E-state index in [0.717, 1.165) is 16.1 Å². The molecule has 2 N–H and O–H groups in total. The van der Waals surface area contributed by atoms with E-state index in [1.165, 1.54) is 0 Å². The first-order chi connectivity index (χ1) is 9.38. The van der Waals surface area contributed by atoms with Crippen molar-refractivity contribution in [3.63, 3.8) is 0 Å². The molecule has 0 spiro atoms. The fourth-order valence-electron chi connectivity index (χ4n) is 1.88. The molecule has 0 aromatic heterocycles. The maximum Gasteiger partial charge on any atom is 0.137 e. The van der Waals surface area contributed by atoms with Crippen molar-refractivity contribution in [2.45, 2.75) is 13.8 Å². The molecule has 20 heavy (non-hydrogen) atoms. The maximum atomic E-state index is 6.14. The number of halogens is 2. The number of ether oxygens (including phenoxy) is 1. The van der Waals surface area contributed by atoms with E-state index in [2.05, 4.69) is 0 Å². The van der Waals surface area contributed by atoms with Gasteiger partial charge in [0.05, 0.1) is 5.56 Å². The second-order valence-corrected chi connectivity index (χ2v) is 5.73. The Labute approximate surface area is 133 Å². The molecule has 0 amide bonds. The molecular weight excluding hydrogens is 313 g/mol. The lowest BCUT2D eigenvalue weighted by atomic mass is 10.1. The Morgan fingerprint density at radius 3 is 2.25 bits per heavy atom. The Morgan fingerprint density at radius 2 is 1.70 bits per heavy atom. The molecule has 0 radical (unpaired) electrons. The van der Waals surface area contributed by atoms with Crippen LogP contribution in [-0.4, -0.2) is 4.99 Å². The molecule has 0 aliphatic heterocycles. The zero-order valence-electron chi connectivity index (χ0n) is 11.0. The van der Waals surface area contributed by atoms with E-state index in [0.29, 0.717) is 22.1 Å². The van der Waals surface area contributed by atoms with Crippen molar-refractivity contribution >= 4 is 40.4 Å². The normalized spacial score (nSPS) is 10.4. The average Bonchev–Trinajstić information content (AvgIpc) is 2.37. The predicted octanol–water partition coefficient (Wildman–Crippen LogP) is 5.04. The van der Waals surface area contributed by atoms with Crippen LogP contribution in [0.5, 0.6) is 11.5 Å². The van der Waals surface area contributed by atoms with Crippen LogP contribution in [-0.2, 0) is 0 Å². The molecule has 0 heterocycles. The maximum absolute atomic E-state index is 6.14. The first-order valence-corrected chi connectivity index (χ1v) is 7.09. The Balaban J connectivity index is 2.42. The minimum atomic E-state index is 0.241. The van der Waals surface area contributed by atoms with Crippen LogP contribution in [0.1, 0.15) is 16.7 Å². The van der Waals surface area contributed by atoms with Crippen molar-refractivity contribution in [1.82, 2.24) is 0 Å². The molecule has 0 saturated carbocycles. The predicted molar refractivity (Wildman–Crippen MR) is 88.3 cm³/mol. The molecule has 0 aliphatic rings. The van der Waals surface area contributed by atoms with Crippen molar-refractivity contribution in [2.24, 2.45) is 5.73 Å². The number of hydrogen-bond acceptors (Lipinski definition) is 2. The van der Waals surface area contributed by atoms with Crippen molar-refractivity contribution in [3.8, 4) is 11.5 Å². The van der Waals surface area contributed by atoms with Gasteiger partial charge in [0, 0.05) is 10.0 Å². The van der Waals surface area contributed by atoms with Gasteiger partial charge in [-0.3, -0.25) is 0 Å². The van der Waals surface area contributed by atoms with Crippen LogP contribution >= 0.6 is 35.4 Å². The molecule has 0 unspecified atom stereocenters. The van der Waals surface area contributed by atoms with Gasteiger partial charge in [-0.25, -0.2) is 0 Å². The molecule has 2 aromatic carbocycles. The third-order valence-electron chi connectivity index (χ3n) is 2.84. The van der Waals surface area contributed by atoms with Crippen LogP contribution in [0.3, 0.4) is 0 Å². The molecule has 0 atom stereocenters. The summed E-state index contributed by atoms with van der Waals surface area (Å²) in [5.41, 5.74) is 8.20. The van der Waals surface area contributed by atoms with Gasteiger partial charge in [0.2, 0.25) is 0 Å². The fourth-order valence-corrected chi connectivity index (χ4v) is 2.32. The summed E-state index contributed by atoms with van der Waals surface area (Å²) in [6.07, 6.45) is 0. The van der Waals surface area contributed by atoms with Crippen molar-refractivity contribution < 1.29 is 4.74 Å². The zero-order chi connectivity index (χ0) is 14.9. The van der Waals surface area contributed by atoms with Gasteiger partial charge in [0.15, 0.2) is 0 Å². The van der Waals surface area contributed by atoms with Crippen LogP contribution in [0.2, 0.25) is 10.0 Å². The van der Waals surface area contributed by atoms with Crippen LogP contribution < -0.4 is 10.5 Å². The first-order valence-electron chi connectivity index (χ1n) is 5.92. The summed E-state index contributed by atoms with van der Waals surface area (Å²) < 4.78 is 5.86. The molecular formula is C15H13Cl2NOS. The van der Waals surface area contributed by atoms with Crippen molar-refractivity contribution in [2.75, 3.05) is 0 Å². The van der Waals surface area contributed by atoms with Gasteiger partial charge >= 0.3 is 0 Å². The van der Waals surface area contributed by atoms with Crippen LogP contribution in [0.15, 0.2) is 30.3 Å². The third kappa shape index (κ3) is 3.23. The Bertz CT molecular complexity index is 663. The van der Waals surface area contributed by atoms with E-state index in [1.54, 1.807) is 18.2 Å². The summed E-state index contributed by atoms with van der Waals surface area (Å²) in [4.78, 5) is 0.241. The highest BCUT2D eigenvalue weighted by molar-refractivity contribution is 7.80. The summed E-state index contributed by atoms with van der Waals surface area (Å²) in [6.45, 7) is 3.86. The number of rotatable bonds is 3. The standard InChI is InChI=1S/C15H13Cl2NOS/c1-8-5-11(6-9(2)14(8)17)19-13-4-3-10(16)7-12(13)15(18)20/h3-7H,1-2H3,(H2,18,20). The van der Waals surface area contributed by atoms with E-state index >= 15 is 0 Å². The molecule has 0 fully saturated rings. The highest BCUT2D eigenvalue weighted by Gasteiger charge is 2.10. The minimum absolute atomic E-state index is 0.241. The summed E-state index contributed by atoms with van der Waals surface area (Å²) in [6, 6.07) is 8.90. The van der Waals surface area contributed by atoms with Gasteiger partial charge in [0.1, 0.15) is 16.5 Å². The molecule has 104 valence electrons.